The van der Waals surface area contributed by atoms with Gasteiger partial charge in [0.1, 0.15) is 0 Å². The maximum Gasteiger partial charge on any atom is 0.308 e. The Morgan fingerprint density at radius 2 is 2.12 bits per heavy atom. The van der Waals surface area contributed by atoms with Crippen LogP contribution in [0.2, 0.25) is 0 Å². The van der Waals surface area contributed by atoms with Crippen LogP contribution in [-0.4, -0.2) is 22.6 Å². The number of benzene rings is 1. The Morgan fingerprint density at radius 3 is 2.82 bits per heavy atom. The van der Waals surface area contributed by atoms with E-state index in [0.29, 0.717) is 6.42 Å². The van der Waals surface area contributed by atoms with Gasteiger partial charge in [-0.15, -0.1) is 0 Å². The highest BCUT2D eigenvalue weighted by atomic mass is 16.4. The summed E-state index contributed by atoms with van der Waals surface area (Å²) in [5.41, 5.74) is 7.33. The number of nitrogens with two attached hydrogens (primary N) is 1. The number of rotatable bonds is 4. The molecule has 17 heavy (non-hydrogen) atoms. The van der Waals surface area contributed by atoms with Crippen molar-refractivity contribution in [1.29, 1.82) is 0 Å². The van der Waals surface area contributed by atoms with E-state index in [0.717, 1.165) is 16.5 Å². The highest BCUT2D eigenvalue weighted by molar-refractivity contribution is 5.82. The highest BCUT2D eigenvalue weighted by Gasteiger charge is 2.17. The molecule has 0 aliphatic carbocycles. The monoisotopic (exact) mass is 230 g/mol. The van der Waals surface area contributed by atoms with Gasteiger partial charge in [-0.1, -0.05) is 18.2 Å². The first-order valence-corrected chi connectivity index (χ1v) is 5.48. The third kappa shape index (κ3) is 2.42. The van der Waals surface area contributed by atoms with Gasteiger partial charge in [0.2, 0.25) is 0 Å². The molecule has 2 rings (SSSR count). The first-order valence-electron chi connectivity index (χ1n) is 5.48. The van der Waals surface area contributed by atoms with E-state index in [2.05, 4.69) is 4.98 Å². The molecule has 0 saturated carbocycles. The third-order valence-corrected chi connectivity index (χ3v) is 2.84. The smallest absolute Gasteiger partial charge is 0.308 e. The van der Waals surface area contributed by atoms with Gasteiger partial charge in [-0.3, -0.25) is 9.78 Å². The van der Waals surface area contributed by atoms with Crippen LogP contribution in [-0.2, 0) is 11.2 Å². The molecule has 0 amide bonds. The number of pyridine rings is 1. The van der Waals surface area contributed by atoms with Crippen LogP contribution in [0, 0.1) is 5.92 Å². The molecule has 0 aliphatic heterocycles. The Hall–Kier alpha value is -1.94. The van der Waals surface area contributed by atoms with Crippen molar-refractivity contribution in [2.24, 2.45) is 11.7 Å². The Morgan fingerprint density at radius 1 is 1.35 bits per heavy atom. The van der Waals surface area contributed by atoms with Gasteiger partial charge in [0, 0.05) is 18.1 Å². The lowest BCUT2D eigenvalue weighted by atomic mass is 9.97. The van der Waals surface area contributed by atoms with E-state index in [-0.39, 0.29) is 6.54 Å². The minimum Gasteiger partial charge on any atom is -0.481 e. The van der Waals surface area contributed by atoms with Crippen molar-refractivity contribution in [2.75, 3.05) is 6.54 Å². The summed E-state index contributed by atoms with van der Waals surface area (Å²) in [6.45, 7) is 0.145. The fourth-order valence-electron chi connectivity index (χ4n) is 1.87. The van der Waals surface area contributed by atoms with Gasteiger partial charge in [-0.2, -0.15) is 0 Å². The van der Waals surface area contributed by atoms with Crippen molar-refractivity contribution in [3.05, 3.63) is 42.1 Å². The van der Waals surface area contributed by atoms with E-state index in [1.807, 2.05) is 30.3 Å². The lowest BCUT2D eigenvalue weighted by Crippen LogP contribution is -2.25. The number of hydrogen-bond acceptors (Lipinski definition) is 3. The maximum atomic E-state index is 11.0. The Bertz CT molecular complexity index is 534. The maximum absolute atomic E-state index is 11.0. The number of aliphatic carboxylic acids is 1. The summed E-state index contributed by atoms with van der Waals surface area (Å²) in [7, 11) is 0. The van der Waals surface area contributed by atoms with Gasteiger partial charge < -0.3 is 10.8 Å². The molecule has 0 saturated heterocycles. The molecule has 1 atom stereocenters. The van der Waals surface area contributed by atoms with Crippen LogP contribution in [0.5, 0.6) is 0 Å². The highest BCUT2D eigenvalue weighted by Crippen LogP contribution is 2.19. The average molecular weight is 230 g/mol. The summed E-state index contributed by atoms with van der Waals surface area (Å²) in [6, 6.07) is 9.56. The van der Waals surface area contributed by atoms with Gasteiger partial charge in [0.05, 0.1) is 11.4 Å². The summed E-state index contributed by atoms with van der Waals surface area (Å²) >= 11 is 0. The van der Waals surface area contributed by atoms with Gasteiger partial charge in [-0.25, -0.2) is 0 Å². The van der Waals surface area contributed by atoms with Gasteiger partial charge >= 0.3 is 5.97 Å². The first kappa shape index (κ1) is 11.5. The van der Waals surface area contributed by atoms with Crippen LogP contribution in [0.1, 0.15) is 5.56 Å². The molecular formula is C13H14N2O2. The first-order chi connectivity index (χ1) is 8.22. The number of para-hydroxylation sites is 1. The van der Waals surface area contributed by atoms with E-state index in [9.17, 15) is 4.79 Å². The molecule has 4 heteroatoms. The Kier molecular flexibility index (Phi) is 3.35. The van der Waals surface area contributed by atoms with Gasteiger partial charge in [-0.05, 0) is 24.1 Å². The van der Waals surface area contributed by atoms with Crippen LogP contribution in [0.4, 0.5) is 0 Å². The second-order valence-electron chi connectivity index (χ2n) is 3.96. The molecule has 0 bridgehead atoms. The van der Waals surface area contributed by atoms with Crippen LogP contribution in [0.15, 0.2) is 36.5 Å². The number of carbonyl (C=O) groups is 1. The quantitative estimate of drug-likeness (QED) is 0.833. The second-order valence-corrected chi connectivity index (χ2v) is 3.96. The molecule has 0 aliphatic rings. The third-order valence-electron chi connectivity index (χ3n) is 2.84. The van der Waals surface area contributed by atoms with Crippen LogP contribution >= 0.6 is 0 Å². The predicted molar refractivity (Wildman–Crippen MR) is 65.6 cm³/mol. The lowest BCUT2D eigenvalue weighted by molar-refractivity contribution is -0.141. The average Bonchev–Trinajstić information content (AvgIpc) is 2.35. The zero-order valence-electron chi connectivity index (χ0n) is 9.34. The summed E-state index contributed by atoms with van der Waals surface area (Å²) in [6.07, 6.45) is 2.14. The largest absolute Gasteiger partial charge is 0.481 e. The zero-order valence-corrected chi connectivity index (χ0v) is 9.34. The van der Waals surface area contributed by atoms with E-state index in [1.165, 1.54) is 0 Å². The van der Waals surface area contributed by atoms with E-state index in [1.54, 1.807) is 6.20 Å². The molecular weight excluding hydrogens is 216 g/mol. The van der Waals surface area contributed by atoms with Crippen molar-refractivity contribution in [3.8, 4) is 0 Å². The van der Waals surface area contributed by atoms with Crippen LogP contribution in [0.25, 0.3) is 10.9 Å². The van der Waals surface area contributed by atoms with Crippen LogP contribution in [0.3, 0.4) is 0 Å². The Balaban J connectivity index is 2.38. The zero-order chi connectivity index (χ0) is 12.3. The molecule has 4 nitrogen and oxygen atoms in total. The minimum atomic E-state index is -0.853. The molecule has 0 fully saturated rings. The van der Waals surface area contributed by atoms with E-state index in [4.69, 9.17) is 10.8 Å². The number of nitrogens with zero attached hydrogens (tertiary/aromatic N) is 1. The molecule has 1 heterocycles. The topological polar surface area (TPSA) is 76.2 Å². The second kappa shape index (κ2) is 4.93. The Labute approximate surface area is 99.1 Å². The fourth-order valence-corrected chi connectivity index (χ4v) is 1.87. The van der Waals surface area contributed by atoms with Gasteiger partial charge in [0.15, 0.2) is 0 Å². The molecule has 1 aromatic carbocycles. The van der Waals surface area contributed by atoms with Crippen LogP contribution < -0.4 is 5.73 Å². The summed E-state index contributed by atoms with van der Waals surface area (Å²) < 4.78 is 0. The SMILES string of the molecule is NCC(Cc1ccnc2ccccc12)C(=O)O. The lowest BCUT2D eigenvalue weighted by Gasteiger charge is -2.11. The summed E-state index contributed by atoms with van der Waals surface area (Å²) in [4.78, 5) is 15.2. The van der Waals surface area contributed by atoms with E-state index < -0.39 is 11.9 Å². The van der Waals surface area contributed by atoms with Crippen molar-refractivity contribution in [1.82, 2.24) is 4.98 Å². The number of aromatic nitrogens is 1. The van der Waals surface area contributed by atoms with Crippen molar-refractivity contribution in [3.63, 3.8) is 0 Å². The van der Waals surface area contributed by atoms with Crippen molar-refractivity contribution < 1.29 is 9.90 Å². The number of carboxylic acids is 1. The molecule has 88 valence electrons. The molecule has 1 aromatic heterocycles. The van der Waals surface area contributed by atoms with Gasteiger partial charge in [0.25, 0.3) is 0 Å². The molecule has 3 N–H and O–H groups in total. The standard InChI is InChI=1S/C13H14N2O2/c14-8-10(13(16)17)7-9-5-6-15-12-4-2-1-3-11(9)12/h1-6,10H,7-8,14H2,(H,16,17). The number of carboxylic acid groups (broad SMARTS) is 1. The summed E-state index contributed by atoms with van der Waals surface area (Å²) in [5, 5.41) is 10.0. The number of fused-ring (bicyclic) bond motifs is 1. The predicted octanol–water partition coefficient (Wildman–Crippen LogP) is 1.44. The van der Waals surface area contributed by atoms with E-state index >= 15 is 0 Å². The number of hydrogen-bond donors (Lipinski definition) is 2. The molecule has 1 unspecified atom stereocenters. The van der Waals surface area contributed by atoms with Crippen molar-refractivity contribution >= 4 is 16.9 Å². The molecule has 0 spiro atoms. The fraction of sp³-hybridized carbons (Fsp3) is 0.231. The molecule has 2 aromatic rings. The normalized spacial score (nSPS) is 12.5. The minimum absolute atomic E-state index is 0.145. The molecule has 0 radical (unpaired) electrons. The summed E-state index contributed by atoms with van der Waals surface area (Å²) in [5.74, 6) is -1.39. The van der Waals surface area contributed by atoms with Crippen molar-refractivity contribution in [2.45, 2.75) is 6.42 Å².